The van der Waals surface area contributed by atoms with Crippen molar-refractivity contribution in [3.8, 4) is 0 Å². The molecule has 39 heavy (non-hydrogen) atoms. The molecular formula is C30H35N5O3S. The highest BCUT2D eigenvalue weighted by atomic mass is 32.2. The lowest BCUT2D eigenvalue weighted by Crippen LogP contribution is -2.42. The quantitative estimate of drug-likeness (QED) is 0.304. The molecule has 2 atom stereocenters. The number of hydrogen-bond acceptors (Lipinski definition) is 6. The van der Waals surface area contributed by atoms with Crippen LogP contribution in [-0.4, -0.2) is 60.1 Å². The second-order valence-electron chi connectivity index (χ2n) is 10.8. The van der Waals surface area contributed by atoms with Crippen LogP contribution in [0.25, 0.3) is 10.9 Å². The van der Waals surface area contributed by atoms with Crippen molar-refractivity contribution in [1.82, 2.24) is 24.4 Å². The van der Waals surface area contributed by atoms with Crippen LogP contribution in [0.1, 0.15) is 41.9 Å². The van der Waals surface area contributed by atoms with Gasteiger partial charge in [0.15, 0.2) is 0 Å². The van der Waals surface area contributed by atoms with Gasteiger partial charge < -0.3 is 10.2 Å². The van der Waals surface area contributed by atoms with Crippen LogP contribution in [0.3, 0.4) is 0 Å². The van der Waals surface area contributed by atoms with Crippen molar-refractivity contribution in [2.75, 3.05) is 20.6 Å². The molecule has 0 bridgehead atoms. The third-order valence-corrected chi connectivity index (χ3v) is 9.21. The van der Waals surface area contributed by atoms with Crippen LogP contribution in [0.5, 0.6) is 0 Å². The van der Waals surface area contributed by atoms with E-state index in [1.165, 1.54) is 12.8 Å². The number of aromatic nitrogens is 3. The lowest BCUT2D eigenvalue weighted by atomic mass is 9.92. The first-order chi connectivity index (χ1) is 18.7. The Bertz CT molecular complexity index is 1540. The second-order valence-corrected chi connectivity index (χ2v) is 12.5. The van der Waals surface area contributed by atoms with E-state index in [0.29, 0.717) is 30.8 Å². The lowest BCUT2D eigenvalue weighted by molar-refractivity contribution is -0.121. The first-order valence-electron chi connectivity index (χ1n) is 13.3. The van der Waals surface area contributed by atoms with Crippen LogP contribution in [0.2, 0.25) is 0 Å². The summed E-state index contributed by atoms with van der Waals surface area (Å²) in [7, 11) is 0.216. The van der Waals surface area contributed by atoms with Crippen molar-refractivity contribution in [3.05, 3.63) is 89.9 Å². The van der Waals surface area contributed by atoms with Gasteiger partial charge in [0, 0.05) is 36.8 Å². The van der Waals surface area contributed by atoms with Gasteiger partial charge >= 0.3 is 0 Å². The summed E-state index contributed by atoms with van der Waals surface area (Å²) in [5.74, 6) is 0.833. The Morgan fingerprint density at radius 2 is 1.87 bits per heavy atom. The molecule has 0 saturated heterocycles. The summed E-state index contributed by atoms with van der Waals surface area (Å²) in [6.45, 7) is 2.44. The Morgan fingerprint density at radius 3 is 2.54 bits per heavy atom. The first kappa shape index (κ1) is 27.0. The number of fused-ring (bicyclic) bond motifs is 1. The predicted octanol–water partition coefficient (Wildman–Crippen LogP) is 4.15. The molecule has 2 aromatic heterocycles. The van der Waals surface area contributed by atoms with Crippen molar-refractivity contribution in [3.63, 3.8) is 0 Å². The Kier molecular flexibility index (Phi) is 7.81. The molecule has 2 aromatic carbocycles. The van der Waals surface area contributed by atoms with Gasteiger partial charge in [-0.05, 0) is 93.6 Å². The zero-order valence-electron chi connectivity index (χ0n) is 22.6. The number of aryl methyl sites for hydroxylation is 1. The van der Waals surface area contributed by atoms with E-state index in [0.717, 1.165) is 26.2 Å². The number of carbonyl (C=O) groups excluding carboxylic acids is 1. The zero-order chi connectivity index (χ0) is 27.6. The SMILES string of the molecule is Cc1ccc(S(=O)(=O)n2ncc3cc(C[C@@H](CNC(=O)C[C@H](c4cccnc4)C4CC4)N(C)C)ccc32)cc1. The smallest absolute Gasteiger partial charge is 0.283 e. The van der Waals surface area contributed by atoms with Gasteiger partial charge in [-0.15, -0.1) is 0 Å². The third kappa shape index (κ3) is 6.20. The van der Waals surface area contributed by atoms with Gasteiger partial charge in [-0.1, -0.05) is 29.8 Å². The molecule has 204 valence electrons. The van der Waals surface area contributed by atoms with E-state index in [-0.39, 0.29) is 22.8 Å². The average molecular weight is 546 g/mol. The number of carbonyl (C=O) groups is 1. The lowest BCUT2D eigenvalue weighted by Gasteiger charge is -2.25. The average Bonchev–Trinajstić information content (AvgIpc) is 3.68. The molecule has 9 heteroatoms. The summed E-state index contributed by atoms with van der Waals surface area (Å²) in [5, 5.41) is 8.12. The number of pyridine rings is 1. The third-order valence-electron chi connectivity index (χ3n) is 7.59. The Balaban J connectivity index is 1.25. The van der Waals surface area contributed by atoms with Crippen LogP contribution in [0.4, 0.5) is 0 Å². The van der Waals surface area contributed by atoms with Crippen molar-refractivity contribution < 1.29 is 13.2 Å². The van der Waals surface area contributed by atoms with Gasteiger partial charge in [-0.25, -0.2) is 0 Å². The zero-order valence-corrected chi connectivity index (χ0v) is 23.4. The monoisotopic (exact) mass is 545 g/mol. The topological polar surface area (TPSA) is 97.2 Å². The number of nitrogens with one attached hydrogen (secondary N) is 1. The summed E-state index contributed by atoms with van der Waals surface area (Å²) in [6, 6.07) is 16.6. The molecule has 5 rings (SSSR count). The van der Waals surface area contributed by atoms with Gasteiger partial charge in [0.2, 0.25) is 5.91 Å². The minimum Gasteiger partial charge on any atom is -0.355 e. The second kappa shape index (κ2) is 11.3. The van der Waals surface area contributed by atoms with Crippen LogP contribution in [0, 0.1) is 12.8 Å². The summed E-state index contributed by atoms with van der Waals surface area (Å²) in [6.07, 6.45) is 8.74. The van der Waals surface area contributed by atoms with E-state index in [4.69, 9.17) is 0 Å². The number of hydrogen-bond donors (Lipinski definition) is 1. The number of nitrogens with zero attached hydrogens (tertiary/aromatic N) is 4. The van der Waals surface area contributed by atoms with Gasteiger partial charge in [0.05, 0.1) is 16.6 Å². The standard InChI is InChI=1S/C30H35N5O3S/c1-21-6-11-27(12-7-21)39(37,38)35-29-13-8-22(15-25(29)19-33-35)16-26(34(2)3)20-32-30(36)17-28(23-9-10-23)24-5-4-14-31-18-24/h4-8,11-15,18-19,23,26,28H,9-10,16-17,20H2,1-3H3,(H,32,36)/t26-,28-/m0/s1. The number of amides is 1. The maximum absolute atomic E-state index is 13.2. The van der Waals surface area contributed by atoms with Crippen LogP contribution in [-0.2, 0) is 21.2 Å². The van der Waals surface area contributed by atoms with Gasteiger partial charge in [-0.2, -0.15) is 17.6 Å². The molecule has 0 radical (unpaired) electrons. The molecule has 0 aliphatic heterocycles. The summed E-state index contributed by atoms with van der Waals surface area (Å²) in [5.41, 5.74) is 3.72. The molecule has 1 aliphatic rings. The van der Waals surface area contributed by atoms with Crippen molar-refractivity contribution in [2.45, 2.75) is 49.5 Å². The Labute approximate surface area is 230 Å². The highest BCUT2D eigenvalue weighted by Crippen LogP contribution is 2.44. The fourth-order valence-corrected chi connectivity index (χ4v) is 6.33. The summed E-state index contributed by atoms with van der Waals surface area (Å²) in [4.78, 5) is 19.5. The molecule has 2 heterocycles. The van der Waals surface area contributed by atoms with Crippen LogP contribution >= 0.6 is 0 Å². The fourth-order valence-electron chi connectivity index (χ4n) is 5.05. The minimum atomic E-state index is -3.79. The minimum absolute atomic E-state index is 0.0562. The molecule has 1 fully saturated rings. The van der Waals surface area contributed by atoms with Gasteiger partial charge in [-0.3, -0.25) is 9.78 Å². The van der Waals surface area contributed by atoms with Crippen molar-refractivity contribution in [2.24, 2.45) is 5.92 Å². The summed E-state index contributed by atoms with van der Waals surface area (Å²) >= 11 is 0. The molecule has 1 aliphatic carbocycles. The maximum atomic E-state index is 13.2. The molecule has 0 spiro atoms. The number of rotatable bonds is 11. The predicted molar refractivity (Wildman–Crippen MR) is 152 cm³/mol. The number of likely N-dealkylation sites (N-methyl/N-ethyl adjacent to an activating group) is 1. The van der Waals surface area contributed by atoms with Gasteiger partial charge in [0.1, 0.15) is 0 Å². The molecule has 1 amide bonds. The molecule has 1 N–H and O–H groups in total. The molecular weight excluding hydrogens is 510 g/mol. The molecule has 8 nitrogen and oxygen atoms in total. The van der Waals surface area contributed by atoms with Gasteiger partial charge in [0.25, 0.3) is 10.0 Å². The normalized spacial score (nSPS) is 15.4. The first-order valence-corrected chi connectivity index (χ1v) is 14.8. The van der Waals surface area contributed by atoms with E-state index >= 15 is 0 Å². The fraction of sp³-hybridized carbons (Fsp3) is 0.367. The van der Waals surface area contributed by atoms with Crippen molar-refractivity contribution in [1.29, 1.82) is 0 Å². The van der Waals surface area contributed by atoms with Crippen LogP contribution in [0.15, 0.2) is 78.1 Å². The van der Waals surface area contributed by atoms with Crippen molar-refractivity contribution >= 4 is 26.8 Å². The maximum Gasteiger partial charge on any atom is 0.283 e. The Morgan fingerprint density at radius 1 is 1.10 bits per heavy atom. The molecule has 0 unspecified atom stereocenters. The number of benzene rings is 2. The van der Waals surface area contributed by atoms with E-state index in [1.54, 1.807) is 36.7 Å². The highest BCUT2D eigenvalue weighted by Gasteiger charge is 2.34. The Hall–Kier alpha value is -3.56. The largest absolute Gasteiger partial charge is 0.355 e. The highest BCUT2D eigenvalue weighted by molar-refractivity contribution is 7.90. The van der Waals surface area contributed by atoms with E-state index in [9.17, 15) is 13.2 Å². The van der Waals surface area contributed by atoms with E-state index in [1.807, 2.05) is 51.5 Å². The summed E-state index contributed by atoms with van der Waals surface area (Å²) < 4.78 is 27.5. The molecule has 1 saturated carbocycles. The van der Waals surface area contributed by atoms with E-state index in [2.05, 4.69) is 26.4 Å². The molecule has 4 aromatic rings. The van der Waals surface area contributed by atoms with Crippen LogP contribution < -0.4 is 5.32 Å². The van der Waals surface area contributed by atoms with E-state index < -0.39 is 10.0 Å².